The van der Waals surface area contributed by atoms with E-state index in [2.05, 4.69) is 10.1 Å². The topological polar surface area (TPSA) is 111 Å². The van der Waals surface area contributed by atoms with Gasteiger partial charge in [0.15, 0.2) is 21.8 Å². The number of aryl methyl sites for hydroxylation is 2. The average molecular weight is 435 g/mol. The van der Waals surface area contributed by atoms with Crippen molar-refractivity contribution in [2.24, 2.45) is 0 Å². The molecule has 162 valence electrons. The fourth-order valence-corrected chi connectivity index (χ4v) is 5.35. The molecule has 10 heteroatoms. The number of pyridine rings is 1. The number of likely N-dealkylation sites (N-methyl/N-ethyl adjacent to an activating group) is 1. The molecule has 0 saturated carbocycles. The predicted octanol–water partition coefficient (Wildman–Crippen LogP) is 1.47. The molecule has 2 unspecified atom stereocenters. The molecule has 1 fully saturated rings. The number of sulfone groups is 1. The van der Waals surface area contributed by atoms with Crippen LogP contribution >= 0.6 is 0 Å². The number of carbonyl (C=O) groups is 2. The lowest BCUT2D eigenvalue weighted by atomic mass is 10.2. The van der Waals surface area contributed by atoms with Crippen LogP contribution < -0.4 is 0 Å². The Morgan fingerprint density at radius 2 is 2.07 bits per heavy atom. The van der Waals surface area contributed by atoms with Crippen molar-refractivity contribution in [3.63, 3.8) is 0 Å². The van der Waals surface area contributed by atoms with Crippen LogP contribution in [0.15, 0.2) is 24.4 Å². The van der Waals surface area contributed by atoms with Crippen molar-refractivity contribution in [1.82, 2.24) is 19.7 Å². The van der Waals surface area contributed by atoms with Crippen molar-refractivity contribution in [3.8, 4) is 5.82 Å². The molecule has 1 aliphatic rings. The molecule has 1 amide bonds. The standard InChI is InChI=1S/C20H26N4O5S/c1-5-23(17-8-9-30(27,28)12-17)19(25)15(4)29-20(26)16-6-7-18(21-11-16)24-14(3)10-13(2)22-24/h6-7,10-11,15,17H,5,8-9,12H2,1-4H3. The van der Waals surface area contributed by atoms with Gasteiger partial charge in [0.1, 0.15) is 0 Å². The minimum absolute atomic E-state index is 0.0506. The molecule has 1 saturated heterocycles. The first-order valence-corrected chi connectivity index (χ1v) is 11.6. The van der Waals surface area contributed by atoms with Gasteiger partial charge in [-0.15, -0.1) is 0 Å². The van der Waals surface area contributed by atoms with Gasteiger partial charge in [0, 0.05) is 24.5 Å². The first-order valence-electron chi connectivity index (χ1n) is 9.83. The monoisotopic (exact) mass is 434 g/mol. The van der Waals surface area contributed by atoms with E-state index in [4.69, 9.17) is 4.74 Å². The van der Waals surface area contributed by atoms with Crippen LogP contribution in [0.5, 0.6) is 0 Å². The SMILES string of the molecule is CCN(C(=O)C(C)OC(=O)c1ccc(-n2nc(C)cc2C)nc1)C1CCS(=O)(=O)C1. The molecule has 3 rings (SSSR count). The van der Waals surface area contributed by atoms with E-state index >= 15 is 0 Å². The van der Waals surface area contributed by atoms with E-state index in [-0.39, 0.29) is 23.1 Å². The van der Waals surface area contributed by atoms with Crippen molar-refractivity contribution in [2.45, 2.75) is 46.3 Å². The molecule has 0 radical (unpaired) electrons. The van der Waals surface area contributed by atoms with Crippen LogP contribution in [0.25, 0.3) is 5.82 Å². The van der Waals surface area contributed by atoms with Crippen LogP contribution in [0.3, 0.4) is 0 Å². The van der Waals surface area contributed by atoms with Gasteiger partial charge in [-0.3, -0.25) is 4.79 Å². The van der Waals surface area contributed by atoms with Crippen molar-refractivity contribution in [3.05, 3.63) is 41.3 Å². The first kappa shape index (κ1) is 21.9. The third kappa shape index (κ3) is 4.69. The number of esters is 1. The maximum atomic E-state index is 12.7. The van der Waals surface area contributed by atoms with E-state index in [1.807, 2.05) is 19.9 Å². The summed E-state index contributed by atoms with van der Waals surface area (Å²) in [6.45, 7) is 7.41. The molecule has 0 bridgehead atoms. The third-order valence-corrected chi connectivity index (χ3v) is 6.87. The molecular weight excluding hydrogens is 408 g/mol. The lowest BCUT2D eigenvalue weighted by molar-refractivity contribution is -0.141. The minimum Gasteiger partial charge on any atom is -0.449 e. The molecule has 2 aromatic rings. The van der Waals surface area contributed by atoms with Gasteiger partial charge in [0.2, 0.25) is 0 Å². The van der Waals surface area contributed by atoms with Crippen LogP contribution in [0.2, 0.25) is 0 Å². The zero-order valence-electron chi connectivity index (χ0n) is 17.5. The van der Waals surface area contributed by atoms with E-state index < -0.39 is 27.8 Å². The van der Waals surface area contributed by atoms with E-state index in [1.54, 1.807) is 23.7 Å². The smallest absolute Gasteiger partial charge is 0.340 e. The summed E-state index contributed by atoms with van der Waals surface area (Å²) < 4.78 is 30.5. The van der Waals surface area contributed by atoms with E-state index in [9.17, 15) is 18.0 Å². The van der Waals surface area contributed by atoms with Crippen molar-refractivity contribution >= 4 is 21.7 Å². The van der Waals surface area contributed by atoms with Gasteiger partial charge < -0.3 is 9.64 Å². The highest BCUT2D eigenvalue weighted by Gasteiger charge is 2.36. The van der Waals surface area contributed by atoms with Gasteiger partial charge in [-0.25, -0.2) is 22.9 Å². The maximum Gasteiger partial charge on any atom is 0.340 e. The van der Waals surface area contributed by atoms with E-state index in [1.165, 1.54) is 18.0 Å². The number of hydrogen-bond donors (Lipinski definition) is 0. The first-order chi connectivity index (χ1) is 14.1. The number of carbonyl (C=O) groups excluding carboxylic acids is 2. The lowest BCUT2D eigenvalue weighted by Gasteiger charge is -2.29. The van der Waals surface area contributed by atoms with Gasteiger partial charge in [0.25, 0.3) is 5.91 Å². The number of aromatic nitrogens is 3. The Hall–Kier alpha value is -2.75. The van der Waals surface area contributed by atoms with Gasteiger partial charge >= 0.3 is 5.97 Å². The summed E-state index contributed by atoms with van der Waals surface area (Å²) in [4.78, 5) is 31.0. The second kappa shape index (κ2) is 8.55. The van der Waals surface area contributed by atoms with Crippen molar-refractivity contribution in [2.75, 3.05) is 18.1 Å². The van der Waals surface area contributed by atoms with Crippen molar-refractivity contribution in [1.29, 1.82) is 0 Å². The van der Waals surface area contributed by atoms with Crippen LogP contribution in [-0.4, -0.2) is 70.2 Å². The number of hydrogen-bond acceptors (Lipinski definition) is 7. The molecule has 30 heavy (non-hydrogen) atoms. The maximum absolute atomic E-state index is 12.7. The van der Waals surface area contributed by atoms with Crippen LogP contribution in [0, 0.1) is 13.8 Å². The quantitative estimate of drug-likeness (QED) is 0.633. The Bertz CT molecular complexity index is 1050. The summed E-state index contributed by atoms with van der Waals surface area (Å²) in [6.07, 6.45) is 0.753. The zero-order chi connectivity index (χ0) is 22.1. The Kier molecular flexibility index (Phi) is 6.25. The van der Waals surface area contributed by atoms with Gasteiger partial charge in [-0.1, -0.05) is 0 Å². The fraction of sp³-hybridized carbons (Fsp3) is 0.500. The summed E-state index contributed by atoms with van der Waals surface area (Å²) in [5.41, 5.74) is 2.00. The fourth-order valence-electron chi connectivity index (χ4n) is 3.62. The molecule has 3 heterocycles. The summed E-state index contributed by atoms with van der Waals surface area (Å²) in [5.74, 6) is -0.479. The molecular formula is C20H26N4O5S. The largest absolute Gasteiger partial charge is 0.449 e. The summed E-state index contributed by atoms with van der Waals surface area (Å²) in [5, 5.41) is 4.35. The lowest BCUT2D eigenvalue weighted by Crippen LogP contribution is -2.46. The molecule has 0 N–H and O–H groups in total. The average Bonchev–Trinajstić information content (AvgIpc) is 3.22. The Morgan fingerprint density at radius 3 is 2.57 bits per heavy atom. The normalized spacial score (nSPS) is 18.7. The number of rotatable bonds is 6. The molecule has 2 aromatic heterocycles. The number of ether oxygens (including phenoxy) is 1. The second-order valence-corrected chi connectivity index (χ2v) is 9.70. The minimum atomic E-state index is -3.12. The van der Waals surface area contributed by atoms with E-state index in [0.717, 1.165) is 11.4 Å². The van der Waals surface area contributed by atoms with Gasteiger partial charge in [-0.2, -0.15) is 5.10 Å². The highest BCUT2D eigenvalue weighted by molar-refractivity contribution is 7.91. The highest BCUT2D eigenvalue weighted by Crippen LogP contribution is 2.19. The third-order valence-electron chi connectivity index (χ3n) is 5.11. The highest BCUT2D eigenvalue weighted by atomic mass is 32.2. The molecule has 2 atom stereocenters. The van der Waals surface area contributed by atoms with Gasteiger partial charge in [-0.05, 0) is 52.3 Å². The molecule has 0 aliphatic carbocycles. The van der Waals surface area contributed by atoms with Gasteiger partial charge in [0.05, 0.1) is 22.8 Å². The van der Waals surface area contributed by atoms with Crippen LogP contribution in [-0.2, 0) is 19.4 Å². The molecule has 0 spiro atoms. The molecule has 0 aromatic carbocycles. The number of amides is 1. The predicted molar refractivity (Wildman–Crippen MR) is 110 cm³/mol. The van der Waals surface area contributed by atoms with E-state index in [0.29, 0.717) is 18.8 Å². The van der Waals surface area contributed by atoms with Crippen LogP contribution in [0.1, 0.15) is 42.0 Å². The second-order valence-electron chi connectivity index (χ2n) is 7.47. The number of nitrogens with zero attached hydrogens (tertiary/aromatic N) is 4. The Morgan fingerprint density at radius 1 is 1.33 bits per heavy atom. The van der Waals surface area contributed by atoms with Crippen LogP contribution in [0.4, 0.5) is 0 Å². The summed E-state index contributed by atoms with van der Waals surface area (Å²) in [7, 11) is -3.12. The summed E-state index contributed by atoms with van der Waals surface area (Å²) in [6, 6.07) is 4.77. The van der Waals surface area contributed by atoms with Crippen molar-refractivity contribution < 1.29 is 22.7 Å². The molecule has 9 nitrogen and oxygen atoms in total. The summed E-state index contributed by atoms with van der Waals surface area (Å²) >= 11 is 0. The Balaban J connectivity index is 1.66. The molecule has 1 aliphatic heterocycles. The zero-order valence-corrected chi connectivity index (χ0v) is 18.3. The Labute approximate surface area is 176 Å².